The van der Waals surface area contributed by atoms with Gasteiger partial charge in [-0.3, -0.25) is 4.90 Å². The number of hydrogen-bond donors (Lipinski definition) is 0. The molecule has 0 aromatic heterocycles. The van der Waals surface area contributed by atoms with E-state index < -0.39 is 13.9 Å². The molecule has 1 heterocycles. The maximum Gasteiger partial charge on any atom is 0.415 e. The molecular formula is C20H32ClNO3Si. The number of halogens is 1. The molecule has 0 N–H and O–H groups in total. The molecule has 0 spiro atoms. The van der Waals surface area contributed by atoms with Crippen molar-refractivity contribution in [2.24, 2.45) is 0 Å². The van der Waals surface area contributed by atoms with E-state index in [9.17, 15) is 4.79 Å². The first-order valence-electron chi connectivity index (χ1n) is 9.16. The van der Waals surface area contributed by atoms with Gasteiger partial charge in [-0.1, -0.05) is 38.4 Å². The Balaban J connectivity index is 2.27. The van der Waals surface area contributed by atoms with E-state index in [2.05, 4.69) is 33.9 Å². The maximum absolute atomic E-state index is 12.9. The van der Waals surface area contributed by atoms with Crippen molar-refractivity contribution in [1.82, 2.24) is 0 Å². The van der Waals surface area contributed by atoms with Crippen LogP contribution in [0.25, 0.3) is 0 Å². The minimum absolute atomic E-state index is 0.103. The van der Waals surface area contributed by atoms with E-state index in [0.717, 1.165) is 11.3 Å². The Morgan fingerprint density at radius 1 is 1.23 bits per heavy atom. The van der Waals surface area contributed by atoms with Crippen molar-refractivity contribution in [3.05, 3.63) is 28.8 Å². The van der Waals surface area contributed by atoms with Crippen molar-refractivity contribution >= 4 is 31.7 Å². The lowest BCUT2D eigenvalue weighted by atomic mass is 10.1. The van der Waals surface area contributed by atoms with Crippen LogP contribution in [0, 0.1) is 0 Å². The predicted molar refractivity (Wildman–Crippen MR) is 111 cm³/mol. The van der Waals surface area contributed by atoms with Crippen molar-refractivity contribution in [2.45, 2.75) is 77.7 Å². The van der Waals surface area contributed by atoms with Gasteiger partial charge < -0.3 is 9.16 Å². The highest BCUT2D eigenvalue weighted by Gasteiger charge is 2.41. The lowest BCUT2D eigenvalue weighted by molar-refractivity contribution is 0.0558. The third-order valence-corrected chi connectivity index (χ3v) is 10.0. The molecule has 0 fully saturated rings. The lowest BCUT2D eigenvalue weighted by Crippen LogP contribution is -2.48. The zero-order chi connectivity index (χ0) is 19.9. The van der Waals surface area contributed by atoms with Crippen LogP contribution in [-0.2, 0) is 15.6 Å². The van der Waals surface area contributed by atoms with Crippen LogP contribution < -0.4 is 4.90 Å². The van der Waals surface area contributed by atoms with Crippen molar-refractivity contribution in [2.75, 3.05) is 11.5 Å². The number of benzene rings is 1. The van der Waals surface area contributed by atoms with E-state index in [-0.39, 0.29) is 17.2 Å². The number of hydrogen-bond acceptors (Lipinski definition) is 3. The molecule has 0 bridgehead atoms. The largest absolute Gasteiger partial charge is 0.443 e. The number of rotatable bonds is 3. The van der Waals surface area contributed by atoms with Crippen LogP contribution in [0.3, 0.4) is 0 Å². The van der Waals surface area contributed by atoms with Gasteiger partial charge in [0.15, 0.2) is 8.32 Å². The predicted octanol–water partition coefficient (Wildman–Crippen LogP) is 6.03. The average Bonchev–Trinajstić information content (AvgIpc) is 2.82. The van der Waals surface area contributed by atoms with Crippen molar-refractivity contribution in [3.8, 4) is 0 Å². The summed E-state index contributed by atoms with van der Waals surface area (Å²) in [6.45, 7) is 17.2. The molecule has 1 aromatic rings. The zero-order valence-electron chi connectivity index (χ0n) is 17.3. The second-order valence-corrected chi connectivity index (χ2v) is 14.7. The summed E-state index contributed by atoms with van der Waals surface area (Å²) in [6.07, 6.45) is 0.338. The number of carbonyl (C=O) groups excluding carboxylic acids is 1. The van der Waals surface area contributed by atoms with Gasteiger partial charge >= 0.3 is 6.09 Å². The van der Waals surface area contributed by atoms with Crippen molar-refractivity contribution < 1.29 is 14.0 Å². The van der Waals surface area contributed by atoms with E-state index in [1.165, 1.54) is 0 Å². The molecular weight excluding hydrogens is 366 g/mol. The summed E-state index contributed by atoms with van der Waals surface area (Å²) in [5.41, 5.74) is 1.27. The highest BCUT2D eigenvalue weighted by Crippen LogP contribution is 2.40. The van der Waals surface area contributed by atoms with E-state index in [1.807, 2.05) is 39.0 Å². The molecule has 1 aromatic carbocycles. The third-order valence-electron chi connectivity index (χ3n) is 5.19. The van der Waals surface area contributed by atoms with Crippen LogP contribution in [0.4, 0.5) is 10.5 Å². The molecule has 1 aliphatic heterocycles. The molecule has 146 valence electrons. The van der Waals surface area contributed by atoms with Gasteiger partial charge in [0.1, 0.15) is 5.60 Å². The van der Waals surface area contributed by atoms with Crippen LogP contribution in [-0.4, -0.2) is 32.7 Å². The minimum Gasteiger partial charge on any atom is -0.443 e. The Hall–Kier alpha value is -1.04. The Morgan fingerprint density at radius 2 is 1.85 bits per heavy atom. The van der Waals surface area contributed by atoms with Gasteiger partial charge in [0.25, 0.3) is 0 Å². The molecule has 6 heteroatoms. The van der Waals surface area contributed by atoms with Gasteiger partial charge in [-0.25, -0.2) is 4.79 Å². The van der Waals surface area contributed by atoms with Crippen molar-refractivity contribution in [1.29, 1.82) is 0 Å². The number of anilines is 1. The molecule has 1 atom stereocenters. The summed E-state index contributed by atoms with van der Waals surface area (Å²) in [7, 11) is -1.91. The third kappa shape index (κ3) is 4.62. The fourth-order valence-electron chi connectivity index (χ4n) is 2.71. The van der Waals surface area contributed by atoms with Crippen LogP contribution in [0.15, 0.2) is 18.2 Å². The summed E-state index contributed by atoms with van der Waals surface area (Å²) in [5.74, 6) is 0. The summed E-state index contributed by atoms with van der Waals surface area (Å²) < 4.78 is 12.1. The Kier molecular flexibility index (Phi) is 5.86. The summed E-state index contributed by atoms with van der Waals surface area (Å²) in [5, 5.41) is 0.804. The van der Waals surface area contributed by atoms with Crippen LogP contribution in [0.5, 0.6) is 0 Å². The quantitative estimate of drug-likeness (QED) is 0.584. The van der Waals surface area contributed by atoms with Gasteiger partial charge in [0, 0.05) is 5.02 Å². The molecule has 0 unspecified atom stereocenters. The molecule has 26 heavy (non-hydrogen) atoms. The SMILES string of the molecule is CC(C)(C)OC(=O)N1c2cccc(Cl)c2C[C@@H]1CO[Si](C)(C)C(C)(C)C. The van der Waals surface area contributed by atoms with Gasteiger partial charge in [0.05, 0.1) is 18.3 Å². The average molecular weight is 398 g/mol. The molecule has 1 aliphatic rings. The Morgan fingerprint density at radius 3 is 2.38 bits per heavy atom. The fraction of sp³-hybridized carbons (Fsp3) is 0.650. The van der Waals surface area contributed by atoms with Gasteiger partial charge in [-0.05, 0) is 63.0 Å². The summed E-state index contributed by atoms with van der Waals surface area (Å²) >= 11 is 6.39. The number of nitrogens with zero attached hydrogens (tertiary/aromatic N) is 1. The molecule has 0 saturated carbocycles. The highest BCUT2D eigenvalue weighted by atomic mass is 35.5. The van der Waals surface area contributed by atoms with E-state index in [1.54, 1.807) is 4.90 Å². The highest BCUT2D eigenvalue weighted by molar-refractivity contribution is 6.74. The number of fused-ring (bicyclic) bond motifs is 1. The number of ether oxygens (including phenoxy) is 1. The summed E-state index contributed by atoms with van der Waals surface area (Å²) in [4.78, 5) is 14.6. The smallest absolute Gasteiger partial charge is 0.415 e. The summed E-state index contributed by atoms with van der Waals surface area (Å²) in [6, 6.07) is 5.56. The molecule has 0 saturated heterocycles. The standard InChI is InChI=1S/C20H32ClNO3Si/c1-19(2,3)25-18(23)22-14(13-24-26(7,8)20(4,5)6)12-15-16(21)10-9-11-17(15)22/h9-11,14H,12-13H2,1-8H3/t14-/m1/s1. The molecule has 2 rings (SSSR count). The monoisotopic (exact) mass is 397 g/mol. The van der Waals surface area contributed by atoms with E-state index in [0.29, 0.717) is 18.1 Å². The first-order valence-corrected chi connectivity index (χ1v) is 12.4. The zero-order valence-corrected chi connectivity index (χ0v) is 19.0. The molecule has 0 radical (unpaired) electrons. The van der Waals surface area contributed by atoms with Crippen LogP contribution >= 0.6 is 11.6 Å². The molecule has 1 amide bonds. The van der Waals surface area contributed by atoms with E-state index in [4.69, 9.17) is 20.8 Å². The Bertz CT molecular complexity index is 677. The number of amides is 1. The first kappa shape index (κ1) is 21.3. The van der Waals surface area contributed by atoms with Crippen LogP contribution in [0.1, 0.15) is 47.1 Å². The topological polar surface area (TPSA) is 38.8 Å². The molecule has 0 aliphatic carbocycles. The lowest BCUT2D eigenvalue weighted by Gasteiger charge is -2.38. The van der Waals surface area contributed by atoms with Crippen LogP contribution in [0.2, 0.25) is 23.2 Å². The van der Waals surface area contributed by atoms with Gasteiger partial charge in [0.2, 0.25) is 0 Å². The fourth-order valence-corrected chi connectivity index (χ4v) is 4.00. The maximum atomic E-state index is 12.9. The minimum atomic E-state index is -1.91. The molecule has 4 nitrogen and oxygen atoms in total. The first-order chi connectivity index (χ1) is 11.7. The van der Waals surface area contributed by atoms with Gasteiger partial charge in [-0.15, -0.1) is 0 Å². The van der Waals surface area contributed by atoms with E-state index >= 15 is 0 Å². The number of carbonyl (C=O) groups is 1. The second-order valence-electron chi connectivity index (χ2n) is 9.52. The van der Waals surface area contributed by atoms with Gasteiger partial charge in [-0.2, -0.15) is 0 Å². The normalized spacial score (nSPS) is 18.0. The second kappa shape index (κ2) is 7.17. The Labute approximate surface area is 163 Å². The van der Waals surface area contributed by atoms with Crippen molar-refractivity contribution in [3.63, 3.8) is 0 Å².